The third kappa shape index (κ3) is 8.26. The summed E-state index contributed by atoms with van der Waals surface area (Å²) in [6.45, 7) is 8.90. The molecule has 0 unspecified atom stereocenters. The molecule has 0 saturated carbocycles. The maximum Gasteiger partial charge on any atom is 0.261 e. The third-order valence-electron chi connectivity index (χ3n) is 6.13. The molecule has 1 N–H and O–H groups in total. The van der Waals surface area contributed by atoms with Crippen molar-refractivity contribution in [3.8, 4) is 5.75 Å². The lowest BCUT2D eigenvalue weighted by atomic mass is 10.0. The number of carbonyl (C=O) groups excluding carboxylic acids is 2. The summed E-state index contributed by atoms with van der Waals surface area (Å²) < 4.78 is 5.92. The monoisotopic (exact) mass is 486 g/mol. The Morgan fingerprint density at radius 3 is 2.17 bits per heavy atom. The van der Waals surface area contributed by atoms with Crippen molar-refractivity contribution in [2.24, 2.45) is 0 Å². The second kappa shape index (κ2) is 13.5. The molecule has 0 saturated heterocycles. The molecular weight excluding hydrogens is 448 g/mol. The van der Waals surface area contributed by atoms with Gasteiger partial charge in [-0.2, -0.15) is 0 Å². The van der Waals surface area contributed by atoms with E-state index in [1.807, 2.05) is 87.5 Å². The predicted molar refractivity (Wildman–Crippen MR) is 145 cm³/mol. The minimum absolute atomic E-state index is 0.137. The van der Waals surface area contributed by atoms with Gasteiger partial charge < -0.3 is 15.0 Å². The van der Waals surface area contributed by atoms with E-state index in [0.29, 0.717) is 25.3 Å². The summed E-state index contributed by atoms with van der Waals surface area (Å²) in [6, 6.07) is 23.2. The zero-order chi connectivity index (χ0) is 25.9. The van der Waals surface area contributed by atoms with E-state index in [9.17, 15) is 9.59 Å². The van der Waals surface area contributed by atoms with Gasteiger partial charge in [0.05, 0.1) is 0 Å². The summed E-state index contributed by atoms with van der Waals surface area (Å²) in [5.74, 6) is 0.295. The number of hydrogen-bond donors (Lipinski definition) is 1. The van der Waals surface area contributed by atoms with Crippen LogP contribution in [0.2, 0.25) is 0 Å². The highest BCUT2D eigenvalue weighted by atomic mass is 16.5. The normalized spacial score (nSPS) is 11.6. The molecule has 0 fully saturated rings. The Kier molecular flexibility index (Phi) is 10.1. The maximum atomic E-state index is 13.6. The molecule has 5 nitrogen and oxygen atoms in total. The van der Waals surface area contributed by atoms with E-state index in [0.717, 1.165) is 40.7 Å². The molecule has 36 heavy (non-hydrogen) atoms. The number of unbranched alkanes of at least 4 members (excludes halogenated alkanes) is 1. The van der Waals surface area contributed by atoms with Gasteiger partial charge in [-0.25, -0.2) is 0 Å². The molecule has 0 radical (unpaired) electrons. The van der Waals surface area contributed by atoms with Crippen molar-refractivity contribution in [1.82, 2.24) is 10.2 Å². The fourth-order valence-electron chi connectivity index (χ4n) is 4.19. The van der Waals surface area contributed by atoms with Crippen LogP contribution in [0.4, 0.5) is 0 Å². The van der Waals surface area contributed by atoms with Gasteiger partial charge in [0.2, 0.25) is 5.91 Å². The maximum absolute atomic E-state index is 13.6. The highest BCUT2D eigenvalue weighted by Crippen LogP contribution is 2.19. The molecule has 0 aromatic heterocycles. The van der Waals surface area contributed by atoms with Crippen molar-refractivity contribution in [3.05, 3.63) is 101 Å². The Labute approximate surface area is 215 Å². The second-order valence-electron chi connectivity index (χ2n) is 9.47. The van der Waals surface area contributed by atoms with Gasteiger partial charge in [-0.15, -0.1) is 0 Å². The molecule has 3 rings (SSSR count). The molecule has 0 aliphatic rings. The number of amides is 2. The van der Waals surface area contributed by atoms with E-state index in [4.69, 9.17) is 4.74 Å². The van der Waals surface area contributed by atoms with Crippen LogP contribution in [0.5, 0.6) is 5.75 Å². The van der Waals surface area contributed by atoms with Crippen molar-refractivity contribution in [2.75, 3.05) is 13.2 Å². The van der Waals surface area contributed by atoms with Crippen molar-refractivity contribution in [3.63, 3.8) is 0 Å². The van der Waals surface area contributed by atoms with Crippen LogP contribution in [0.25, 0.3) is 0 Å². The first-order chi connectivity index (χ1) is 17.4. The lowest BCUT2D eigenvalue weighted by Gasteiger charge is -2.31. The van der Waals surface area contributed by atoms with Crippen LogP contribution in [-0.2, 0) is 22.6 Å². The number of nitrogens with zero attached hydrogens (tertiary/aromatic N) is 1. The standard InChI is InChI=1S/C31H38N2O3/c1-5-6-16-32-31(35)29(20-26-10-8-7-9-11-26)33(21-27-14-12-23(2)13-15-27)30(34)22-36-28-18-24(3)17-25(4)19-28/h7-15,17-19,29H,5-6,16,20-22H2,1-4H3,(H,32,35)/t29-/m0/s1. The number of benzene rings is 3. The van der Waals surface area contributed by atoms with Crippen LogP contribution in [-0.4, -0.2) is 35.9 Å². The van der Waals surface area contributed by atoms with E-state index in [2.05, 4.69) is 18.3 Å². The predicted octanol–water partition coefficient (Wildman–Crippen LogP) is 5.55. The van der Waals surface area contributed by atoms with E-state index < -0.39 is 6.04 Å². The van der Waals surface area contributed by atoms with Gasteiger partial charge in [-0.05, 0) is 61.6 Å². The second-order valence-corrected chi connectivity index (χ2v) is 9.47. The number of hydrogen-bond acceptors (Lipinski definition) is 3. The van der Waals surface area contributed by atoms with E-state index >= 15 is 0 Å². The van der Waals surface area contributed by atoms with Crippen LogP contribution in [0.15, 0.2) is 72.8 Å². The minimum Gasteiger partial charge on any atom is -0.484 e. The molecule has 0 heterocycles. The Morgan fingerprint density at radius 1 is 0.861 bits per heavy atom. The molecule has 3 aromatic carbocycles. The van der Waals surface area contributed by atoms with Gasteiger partial charge in [0, 0.05) is 19.5 Å². The molecule has 1 atom stereocenters. The van der Waals surface area contributed by atoms with Crippen molar-refractivity contribution < 1.29 is 14.3 Å². The lowest BCUT2D eigenvalue weighted by Crippen LogP contribution is -2.51. The molecule has 190 valence electrons. The zero-order valence-electron chi connectivity index (χ0n) is 21.9. The first-order valence-corrected chi connectivity index (χ1v) is 12.7. The van der Waals surface area contributed by atoms with Crippen LogP contribution >= 0.6 is 0 Å². The summed E-state index contributed by atoms with van der Waals surface area (Å²) in [5, 5.41) is 3.05. The molecular formula is C31H38N2O3. The summed E-state index contributed by atoms with van der Waals surface area (Å²) in [7, 11) is 0. The SMILES string of the molecule is CCCCNC(=O)[C@H](Cc1ccccc1)N(Cc1ccc(C)cc1)C(=O)COc1cc(C)cc(C)c1. The van der Waals surface area contributed by atoms with Crippen molar-refractivity contribution >= 4 is 11.8 Å². The molecule has 0 aliphatic heterocycles. The number of aryl methyl sites for hydroxylation is 3. The molecule has 0 aliphatic carbocycles. The molecule has 2 amide bonds. The number of nitrogens with one attached hydrogen (secondary N) is 1. The van der Waals surface area contributed by atoms with Crippen LogP contribution in [0.1, 0.15) is 47.6 Å². The first-order valence-electron chi connectivity index (χ1n) is 12.7. The molecule has 5 heteroatoms. The van der Waals surface area contributed by atoms with Gasteiger partial charge in [0.15, 0.2) is 6.61 Å². The first kappa shape index (κ1) is 27.0. The van der Waals surface area contributed by atoms with E-state index in [-0.39, 0.29) is 18.4 Å². The van der Waals surface area contributed by atoms with E-state index in [1.165, 1.54) is 0 Å². The highest BCUT2D eigenvalue weighted by molar-refractivity contribution is 5.88. The van der Waals surface area contributed by atoms with Crippen LogP contribution < -0.4 is 10.1 Å². The Morgan fingerprint density at radius 2 is 1.53 bits per heavy atom. The average molecular weight is 487 g/mol. The fourth-order valence-corrected chi connectivity index (χ4v) is 4.19. The summed E-state index contributed by atoms with van der Waals surface area (Å²) in [4.78, 5) is 28.7. The fraction of sp³-hybridized carbons (Fsp3) is 0.355. The van der Waals surface area contributed by atoms with Gasteiger partial charge in [-0.3, -0.25) is 9.59 Å². The Bertz CT molecular complexity index is 1110. The largest absolute Gasteiger partial charge is 0.484 e. The van der Waals surface area contributed by atoms with Crippen molar-refractivity contribution in [1.29, 1.82) is 0 Å². The zero-order valence-corrected chi connectivity index (χ0v) is 21.9. The van der Waals surface area contributed by atoms with Gasteiger partial charge >= 0.3 is 0 Å². The van der Waals surface area contributed by atoms with Gasteiger partial charge in [0.1, 0.15) is 11.8 Å². The quantitative estimate of drug-likeness (QED) is 0.342. The summed E-state index contributed by atoms with van der Waals surface area (Å²) >= 11 is 0. The van der Waals surface area contributed by atoms with Gasteiger partial charge in [0.25, 0.3) is 5.91 Å². The molecule has 0 bridgehead atoms. The minimum atomic E-state index is -0.652. The van der Waals surface area contributed by atoms with E-state index in [1.54, 1.807) is 4.90 Å². The number of rotatable bonds is 12. The summed E-state index contributed by atoms with van der Waals surface area (Å²) in [6.07, 6.45) is 2.31. The third-order valence-corrected chi connectivity index (χ3v) is 6.13. The van der Waals surface area contributed by atoms with Crippen molar-refractivity contribution in [2.45, 2.75) is 59.5 Å². The van der Waals surface area contributed by atoms with Crippen LogP contribution in [0.3, 0.4) is 0 Å². The topological polar surface area (TPSA) is 58.6 Å². The molecule has 3 aromatic rings. The number of carbonyl (C=O) groups is 2. The Hall–Kier alpha value is -3.60. The highest BCUT2D eigenvalue weighted by Gasteiger charge is 2.30. The summed E-state index contributed by atoms with van der Waals surface area (Å²) in [5.41, 5.74) is 5.27. The lowest BCUT2D eigenvalue weighted by molar-refractivity contribution is -0.142. The van der Waals surface area contributed by atoms with Gasteiger partial charge in [-0.1, -0.05) is 79.6 Å². The Balaban J connectivity index is 1.88. The number of ether oxygens (including phenoxy) is 1. The average Bonchev–Trinajstić information content (AvgIpc) is 2.86. The smallest absolute Gasteiger partial charge is 0.261 e. The van der Waals surface area contributed by atoms with Crippen LogP contribution in [0, 0.1) is 20.8 Å². The molecule has 0 spiro atoms.